The molecule has 0 aliphatic carbocycles. The quantitative estimate of drug-likeness (QED) is 0.303. The Kier molecular flexibility index (Phi) is 3.70. The van der Waals surface area contributed by atoms with Gasteiger partial charge < -0.3 is 0 Å². The van der Waals surface area contributed by atoms with Gasteiger partial charge in [0.1, 0.15) is 5.52 Å². The summed E-state index contributed by atoms with van der Waals surface area (Å²) < 4.78 is 4.79. The molecule has 0 aliphatic heterocycles. The van der Waals surface area contributed by atoms with Crippen LogP contribution in [0, 0.1) is 13.8 Å². The fourth-order valence-electron chi connectivity index (χ4n) is 4.85. The largest absolute Gasteiger partial charge is 0.297 e. The molecule has 0 amide bonds. The van der Waals surface area contributed by atoms with Gasteiger partial charge in [-0.2, -0.15) is 4.40 Å². The predicted molar refractivity (Wildman–Crippen MR) is 117 cm³/mol. The van der Waals surface area contributed by atoms with E-state index in [1.165, 1.54) is 49.7 Å². The number of hydrogen-bond acceptors (Lipinski definition) is 1. The lowest BCUT2D eigenvalue weighted by molar-refractivity contribution is -0.617. The molecule has 0 fully saturated rings. The number of aryl methyl sites for hydroxylation is 5. The normalized spacial score (nSPS) is 12.0. The summed E-state index contributed by atoms with van der Waals surface area (Å²) in [5.41, 5.74) is 11.4. The molecule has 5 rings (SSSR count). The van der Waals surface area contributed by atoms with E-state index in [1.807, 2.05) is 0 Å². The third-order valence-electron chi connectivity index (χ3n) is 6.16. The van der Waals surface area contributed by atoms with Crippen LogP contribution in [-0.4, -0.2) is 9.38 Å². The summed E-state index contributed by atoms with van der Waals surface area (Å²) in [5.74, 6) is 0. The van der Waals surface area contributed by atoms with Crippen molar-refractivity contribution in [3.8, 4) is 0 Å². The van der Waals surface area contributed by atoms with Gasteiger partial charge in [-0.15, -0.1) is 0 Å². The summed E-state index contributed by atoms with van der Waals surface area (Å²) >= 11 is 0. The lowest BCUT2D eigenvalue weighted by Gasteiger charge is -2.07. The number of imidazole rings is 1. The fourth-order valence-corrected chi connectivity index (χ4v) is 4.85. The zero-order valence-corrected chi connectivity index (χ0v) is 17.3. The van der Waals surface area contributed by atoms with Gasteiger partial charge in [0.25, 0.3) is 5.65 Å². The first-order valence-corrected chi connectivity index (χ1v) is 10.2. The van der Waals surface area contributed by atoms with Gasteiger partial charge in [-0.3, -0.25) is 4.98 Å². The van der Waals surface area contributed by atoms with Crippen LogP contribution in [0.1, 0.15) is 36.2 Å². The Labute approximate surface area is 165 Å². The average Bonchev–Trinajstić information content (AvgIpc) is 2.98. The number of rotatable bonds is 2. The minimum absolute atomic E-state index is 1.06. The van der Waals surface area contributed by atoms with Crippen LogP contribution in [0.5, 0.6) is 0 Å². The standard InChI is InChI=1S/C25H26N3/c1-6-17-13-21-22(14-18(17)7-2)28-20-11-9-8-10-19(20)24-23(25(28)27(21)5)15(3)12-16(4)26-24/h8-14H,6-7H2,1-5H3/q+1. The Balaban J connectivity index is 2.17. The number of benzene rings is 2. The van der Waals surface area contributed by atoms with E-state index in [0.29, 0.717) is 0 Å². The van der Waals surface area contributed by atoms with Crippen LogP contribution in [0.3, 0.4) is 0 Å². The molecule has 3 aromatic heterocycles. The van der Waals surface area contributed by atoms with Crippen LogP contribution >= 0.6 is 0 Å². The Morgan fingerprint density at radius 1 is 0.929 bits per heavy atom. The minimum Gasteiger partial charge on any atom is -0.252 e. The van der Waals surface area contributed by atoms with Gasteiger partial charge >= 0.3 is 0 Å². The van der Waals surface area contributed by atoms with E-state index in [9.17, 15) is 0 Å². The maximum absolute atomic E-state index is 4.97. The number of hydrogen-bond donors (Lipinski definition) is 0. The first-order chi connectivity index (χ1) is 13.5. The second-order valence-electron chi connectivity index (χ2n) is 7.86. The van der Waals surface area contributed by atoms with Crippen molar-refractivity contribution in [2.24, 2.45) is 7.05 Å². The molecule has 28 heavy (non-hydrogen) atoms. The van der Waals surface area contributed by atoms with E-state index in [-0.39, 0.29) is 0 Å². The summed E-state index contributed by atoms with van der Waals surface area (Å²) in [5, 5.41) is 2.46. The Bertz CT molecular complexity index is 1410. The van der Waals surface area contributed by atoms with Crippen LogP contribution in [0.15, 0.2) is 42.5 Å². The van der Waals surface area contributed by atoms with Crippen molar-refractivity contribution in [1.82, 2.24) is 9.38 Å². The van der Waals surface area contributed by atoms with Crippen LogP contribution in [0.2, 0.25) is 0 Å². The van der Waals surface area contributed by atoms with E-state index in [1.54, 1.807) is 0 Å². The topological polar surface area (TPSA) is 21.2 Å². The molecule has 3 nitrogen and oxygen atoms in total. The Hall–Kier alpha value is -2.94. The molecule has 0 bridgehead atoms. The van der Waals surface area contributed by atoms with Crippen LogP contribution in [0.4, 0.5) is 0 Å². The SMILES string of the molecule is CCc1cc2c(cc1CC)[n+](C)c1c3c(C)cc(C)nc3c3ccccc3n21. The smallest absolute Gasteiger partial charge is 0.252 e. The molecule has 3 heteroatoms. The summed E-state index contributed by atoms with van der Waals surface area (Å²) in [6, 6.07) is 15.7. The molecule has 0 unspecified atom stereocenters. The van der Waals surface area contributed by atoms with E-state index >= 15 is 0 Å². The molecule has 0 saturated carbocycles. The monoisotopic (exact) mass is 368 g/mol. The lowest BCUT2D eigenvalue weighted by Crippen LogP contribution is -2.28. The number of para-hydroxylation sites is 1. The fraction of sp³-hybridized carbons (Fsp3) is 0.280. The second-order valence-corrected chi connectivity index (χ2v) is 7.86. The van der Waals surface area contributed by atoms with Gasteiger partial charge in [-0.05, 0) is 73.7 Å². The third kappa shape index (κ3) is 2.16. The summed E-state index contributed by atoms with van der Waals surface area (Å²) in [6.45, 7) is 8.79. The van der Waals surface area contributed by atoms with E-state index in [0.717, 1.165) is 24.1 Å². The van der Waals surface area contributed by atoms with Crippen LogP contribution < -0.4 is 4.57 Å². The molecule has 140 valence electrons. The molecular weight excluding hydrogens is 342 g/mol. The van der Waals surface area contributed by atoms with Gasteiger partial charge in [0, 0.05) is 11.1 Å². The molecule has 0 radical (unpaired) electrons. The first-order valence-electron chi connectivity index (χ1n) is 10.2. The lowest BCUT2D eigenvalue weighted by atomic mass is 10.0. The highest BCUT2D eigenvalue weighted by molar-refractivity contribution is 6.11. The number of pyridine rings is 2. The second kappa shape index (κ2) is 6.03. The molecule has 3 heterocycles. The van der Waals surface area contributed by atoms with Gasteiger partial charge in [0.2, 0.25) is 0 Å². The molecule has 0 saturated heterocycles. The highest BCUT2D eigenvalue weighted by Crippen LogP contribution is 2.33. The number of fused-ring (bicyclic) bond motifs is 8. The van der Waals surface area contributed by atoms with Crippen molar-refractivity contribution in [3.05, 3.63) is 64.8 Å². The molecule has 0 spiro atoms. The van der Waals surface area contributed by atoms with E-state index in [4.69, 9.17) is 4.98 Å². The van der Waals surface area contributed by atoms with Gasteiger partial charge in [0.15, 0.2) is 11.0 Å². The van der Waals surface area contributed by atoms with Crippen molar-refractivity contribution < 1.29 is 4.57 Å². The molecule has 0 atom stereocenters. The minimum atomic E-state index is 1.06. The maximum atomic E-state index is 4.97. The highest BCUT2D eigenvalue weighted by atomic mass is 15.1. The zero-order chi connectivity index (χ0) is 19.6. The van der Waals surface area contributed by atoms with Crippen LogP contribution in [0.25, 0.3) is 38.5 Å². The summed E-state index contributed by atoms with van der Waals surface area (Å²) in [6.07, 6.45) is 2.12. The molecule has 0 N–H and O–H groups in total. The van der Waals surface area contributed by atoms with Crippen molar-refractivity contribution in [3.63, 3.8) is 0 Å². The molecule has 0 aliphatic rings. The highest BCUT2D eigenvalue weighted by Gasteiger charge is 2.25. The van der Waals surface area contributed by atoms with E-state index < -0.39 is 0 Å². The molecular formula is C25H26N3+. The predicted octanol–water partition coefficient (Wildman–Crippen LogP) is 5.36. The van der Waals surface area contributed by atoms with E-state index in [2.05, 4.69) is 86.2 Å². The van der Waals surface area contributed by atoms with Gasteiger partial charge in [-0.1, -0.05) is 26.0 Å². The van der Waals surface area contributed by atoms with Crippen molar-refractivity contribution in [1.29, 1.82) is 0 Å². The Morgan fingerprint density at radius 2 is 1.64 bits per heavy atom. The first kappa shape index (κ1) is 17.2. The number of aromatic nitrogens is 3. The molecule has 5 aromatic rings. The van der Waals surface area contributed by atoms with Crippen molar-refractivity contribution in [2.45, 2.75) is 40.5 Å². The van der Waals surface area contributed by atoms with Crippen molar-refractivity contribution in [2.75, 3.05) is 0 Å². The molecule has 2 aromatic carbocycles. The number of nitrogens with zero attached hydrogens (tertiary/aromatic N) is 3. The summed E-state index contributed by atoms with van der Waals surface area (Å²) in [4.78, 5) is 4.97. The van der Waals surface area contributed by atoms with Crippen molar-refractivity contribution >= 4 is 38.5 Å². The van der Waals surface area contributed by atoms with Gasteiger partial charge in [-0.25, -0.2) is 4.57 Å². The van der Waals surface area contributed by atoms with Crippen LogP contribution in [-0.2, 0) is 19.9 Å². The Morgan fingerprint density at radius 3 is 2.39 bits per heavy atom. The zero-order valence-electron chi connectivity index (χ0n) is 17.3. The van der Waals surface area contributed by atoms with Gasteiger partial charge in [0.05, 0.1) is 18.0 Å². The maximum Gasteiger partial charge on any atom is 0.297 e. The summed E-state index contributed by atoms with van der Waals surface area (Å²) in [7, 11) is 2.19. The third-order valence-corrected chi connectivity index (χ3v) is 6.16. The average molecular weight is 369 g/mol.